The normalized spacial score (nSPS) is 33.0. The van der Waals surface area contributed by atoms with Gasteiger partial charge in [-0.05, 0) is 55.2 Å². The van der Waals surface area contributed by atoms with Gasteiger partial charge in [0.25, 0.3) is 0 Å². The smallest absolute Gasteiger partial charge is 0.118 e. The average molecular weight is 287 g/mol. The van der Waals surface area contributed by atoms with Gasteiger partial charge in [0.1, 0.15) is 5.75 Å². The lowest BCUT2D eigenvalue weighted by molar-refractivity contribution is 0.228. The van der Waals surface area contributed by atoms with Gasteiger partial charge in [0.2, 0.25) is 0 Å². The first-order chi connectivity index (χ1) is 10.3. The summed E-state index contributed by atoms with van der Waals surface area (Å²) in [5.74, 6) is 2.56. The molecule has 116 valence electrons. The van der Waals surface area contributed by atoms with Gasteiger partial charge in [-0.1, -0.05) is 38.3 Å². The molecule has 21 heavy (non-hydrogen) atoms. The van der Waals surface area contributed by atoms with E-state index in [-0.39, 0.29) is 0 Å². The summed E-state index contributed by atoms with van der Waals surface area (Å²) in [6.07, 6.45) is 9.67. The van der Waals surface area contributed by atoms with Crippen LogP contribution in [0.5, 0.6) is 5.75 Å². The lowest BCUT2D eigenvalue weighted by Gasteiger charge is -2.40. The van der Waals surface area contributed by atoms with Crippen molar-refractivity contribution in [1.29, 1.82) is 0 Å². The van der Waals surface area contributed by atoms with E-state index in [2.05, 4.69) is 36.5 Å². The predicted molar refractivity (Wildman–Crippen MR) is 87.9 cm³/mol. The predicted octanol–water partition coefficient (Wildman–Crippen LogP) is 4.50. The average Bonchev–Trinajstić information content (AvgIpc) is 2.67. The van der Waals surface area contributed by atoms with E-state index in [0.29, 0.717) is 0 Å². The van der Waals surface area contributed by atoms with Gasteiger partial charge in [0.15, 0.2) is 0 Å². The summed E-state index contributed by atoms with van der Waals surface area (Å²) in [7, 11) is 1.73. The molecule has 0 heterocycles. The van der Waals surface area contributed by atoms with Crippen LogP contribution in [0.3, 0.4) is 0 Å². The van der Waals surface area contributed by atoms with Crippen molar-refractivity contribution in [2.45, 2.75) is 69.9 Å². The zero-order valence-electron chi connectivity index (χ0n) is 13.5. The highest BCUT2D eigenvalue weighted by Crippen LogP contribution is 2.38. The fourth-order valence-corrected chi connectivity index (χ4v) is 3.95. The maximum atomic E-state index is 5.23. The molecule has 2 saturated carbocycles. The Bertz CT molecular complexity index is 435. The van der Waals surface area contributed by atoms with Crippen molar-refractivity contribution in [2.24, 2.45) is 5.92 Å². The maximum Gasteiger partial charge on any atom is 0.118 e. The van der Waals surface area contributed by atoms with Crippen LogP contribution in [-0.4, -0.2) is 19.2 Å². The second-order valence-corrected chi connectivity index (χ2v) is 7.03. The molecule has 0 aromatic heterocycles. The van der Waals surface area contributed by atoms with E-state index in [9.17, 15) is 0 Å². The summed E-state index contributed by atoms with van der Waals surface area (Å²) in [6.45, 7) is 2.43. The maximum absolute atomic E-state index is 5.23. The van der Waals surface area contributed by atoms with Crippen LogP contribution >= 0.6 is 0 Å². The highest BCUT2D eigenvalue weighted by molar-refractivity contribution is 5.30. The minimum absolute atomic E-state index is 0.739. The summed E-state index contributed by atoms with van der Waals surface area (Å²) in [5, 5.41) is 3.94. The number of methoxy groups -OCH3 is 1. The fourth-order valence-electron chi connectivity index (χ4n) is 3.95. The molecule has 1 aromatic rings. The Kier molecular flexibility index (Phi) is 4.84. The van der Waals surface area contributed by atoms with Crippen LogP contribution in [0.25, 0.3) is 0 Å². The zero-order chi connectivity index (χ0) is 14.7. The number of ether oxygens (including phenoxy) is 1. The fraction of sp³-hybridized carbons (Fsp3) is 0.684. The van der Waals surface area contributed by atoms with Gasteiger partial charge in [-0.2, -0.15) is 0 Å². The second kappa shape index (κ2) is 6.83. The van der Waals surface area contributed by atoms with Gasteiger partial charge in [-0.25, -0.2) is 0 Å². The Hall–Kier alpha value is -1.02. The van der Waals surface area contributed by atoms with Crippen molar-refractivity contribution in [2.75, 3.05) is 7.11 Å². The summed E-state index contributed by atoms with van der Waals surface area (Å²) >= 11 is 0. The molecule has 2 unspecified atom stereocenters. The van der Waals surface area contributed by atoms with E-state index >= 15 is 0 Å². The van der Waals surface area contributed by atoms with E-state index in [0.717, 1.165) is 29.7 Å². The molecule has 1 N–H and O–H groups in total. The molecule has 2 heteroatoms. The molecule has 2 nitrogen and oxygen atoms in total. The third-order valence-corrected chi connectivity index (χ3v) is 5.54. The lowest BCUT2D eigenvalue weighted by atomic mass is 9.75. The molecule has 2 aliphatic rings. The number of hydrogen-bond donors (Lipinski definition) is 1. The van der Waals surface area contributed by atoms with Gasteiger partial charge in [-0.15, -0.1) is 0 Å². The Balaban J connectivity index is 1.48. The molecule has 0 spiro atoms. The van der Waals surface area contributed by atoms with Gasteiger partial charge in [0, 0.05) is 12.1 Å². The second-order valence-electron chi connectivity index (χ2n) is 7.03. The number of hydrogen-bond acceptors (Lipinski definition) is 2. The van der Waals surface area contributed by atoms with Crippen molar-refractivity contribution in [3.8, 4) is 5.75 Å². The Morgan fingerprint density at radius 1 is 1.00 bits per heavy atom. The van der Waals surface area contributed by atoms with Crippen LogP contribution < -0.4 is 10.1 Å². The minimum Gasteiger partial charge on any atom is -0.497 e. The summed E-state index contributed by atoms with van der Waals surface area (Å²) in [5.41, 5.74) is 1.47. The SMILES string of the molecule is COc1ccc(C2CC(NC3CCCCCC3C)C2)cc1. The highest BCUT2D eigenvalue weighted by Gasteiger charge is 2.33. The molecule has 2 atom stereocenters. The van der Waals surface area contributed by atoms with E-state index < -0.39 is 0 Å². The quantitative estimate of drug-likeness (QED) is 0.823. The van der Waals surface area contributed by atoms with Crippen molar-refractivity contribution in [3.63, 3.8) is 0 Å². The minimum atomic E-state index is 0.739. The number of benzene rings is 1. The topological polar surface area (TPSA) is 21.3 Å². The van der Waals surface area contributed by atoms with Crippen molar-refractivity contribution in [1.82, 2.24) is 5.32 Å². The molecular weight excluding hydrogens is 258 g/mol. The summed E-state index contributed by atoms with van der Waals surface area (Å²) in [4.78, 5) is 0. The van der Waals surface area contributed by atoms with E-state index in [1.165, 1.54) is 50.5 Å². The molecule has 2 aliphatic carbocycles. The summed E-state index contributed by atoms with van der Waals surface area (Å²) in [6, 6.07) is 10.1. The Morgan fingerprint density at radius 2 is 1.71 bits per heavy atom. The first kappa shape index (κ1) is 14.9. The summed E-state index contributed by atoms with van der Waals surface area (Å²) < 4.78 is 5.23. The van der Waals surface area contributed by atoms with Gasteiger partial charge in [-0.3, -0.25) is 0 Å². The monoisotopic (exact) mass is 287 g/mol. The molecular formula is C19H29NO. The molecule has 0 radical (unpaired) electrons. The first-order valence-electron chi connectivity index (χ1n) is 8.66. The van der Waals surface area contributed by atoms with Crippen LogP contribution in [-0.2, 0) is 0 Å². The number of rotatable bonds is 4. The van der Waals surface area contributed by atoms with Crippen molar-refractivity contribution < 1.29 is 4.74 Å². The molecule has 1 aromatic carbocycles. The van der Waals surface area contributed by atoms with E-state index in [1.54, 1.807) is 7.11 Å². The van der Waals surface area contributed by atoms with Crippen LogP contribution in [0.1, 0.15) is 63.4 Å². The highest BCUT2D eigenvalue weighted by atomic mass is 16.5. The molecule has 0 saturated heterocycles. The Morgan fingerprint density at radius 3 is 2.43 bits per heavy atom. The molecule has 0 amide bonds. The first-order valence-corrected chi connectivity index (χ1v) is 8.66. The van der Waals surface area contributed by atoms with Crippen LogP contribution in [0.4, 0.5) is 0 Å². The van der Waals surface area contributed by atoms with E-state index in [1.807, 2.05) is 0 Å². The standard InChI is InChI=1S/C19H29NO/c1-14-6-4-3-5-7-19(14)20-17-12-16(13-17)15-8-10-18(21-2)11-9-15/h8-11,14,16-17,19-20H,3-7,12-13H2,1-2H3. The Labute approximate surface area is 129 Å². The van der Waals surface area contributed by atoms with E-state index in [4.69, 9.17) is 4.74 Å². The third kappa shape index (κ3) is 3.60. The zero-order valence-corrected chi connectivity index (χ0v) is 13.5. The van der Waals surface area contributed by atoms with Crippen LogP contribution in [0.15, 0.2) is 24.3 Å². The van der Waals surface area contributed by atoms with Crippen molar-refractivity contribution >= 4 is 0 Å². The lowest BCUT2D eigenvalue weighted by Crippen LogP contribution is -2.47. The van der Waals surface area contributed by atoms with Crippen LogP contribution in [0.2, 0.25) is 0 Å². The largest absolute Gasteiger partial charge is 0.497 e. The molecule has 3 rings (SSSR count). The molecule has 2 fully saturated rings. The molecule has 0 aliphatic heterocycles. The third-order valence-electron chi connectivity index (χ3n) is 5.54. The number of nitrogens with one attached hydrogen (secondary N) is 1. The van der Waals surface area contributed by atoms with Gasteiger partial charge >= 0.3 is 0 Å². The van der Waals surface area contributed by atoms with Crippen molar-refractivity contribution in [3.05, 3.63) is 29.8 Å². The van der Waals surface area contributed by atoms with Crippen LogP contribution in [0, 0.1) is 5.92 Å². The van der Waals surface area contributed by atoms with Gasteiger partial charge in [0.05, 0.1) is 7.11 Å². The van der Waals surface area contributed by atoms with Gasteiger partial charge < -0.3 is 10.1 Å². The molecule has 0 bridgehead atoms.